The summed E-state index contributed by atoms with van der Waals surface area (Å²) in [4.78, 5) is 0. The van der Waals surface area contributed by atoms with E-state index in [9.17, 15) is 8.42 Å². The highest BCUT2D eigenvalue weighted by molar-refractivity contribution is 7.89. The minimum absolute atomic E-state index is 0.0198. The molecule has 1 saturated heterocycles. The Hall–Kier alpha value is -0.920. The van der Waals surface area contributed by atoms with Crippen LogP contribution in [0.2, 0.25) is 0 Å². The number of hydrogen-bond acceptors (Lipinski definition) is 4. The average Bonchev–Trinajstić information content (AvgIpc) is 2.76. The van der Waals surface area contributed by atoms with Gasteiger partial charge in [0.15, 0.2) is 5.03 Å². The maximum Gasteiger partial charge on any atom is 0.260 e. The van der Waals surface area contributed by atoms with Crippen molar-refractivity contribution in [3.05, 3.63) is 11.8 Å². The van der Waals surface area contributed by atoms with E-state index < -0.39 is 10.0 Å². The number of aliphatic hydroxyl groups is 1. The molecule has 0 aliphatic carbocycles. The normalized spacial score (nSPS) is 26.4. The van der Waals surface area contributed by atoms with E-state index in [4.69, 9.17) is 5.11 Å². The molecule has 102 valence electrons. The second kappa shape index (κ2) is 4.99. The highest BCUT2D eigenvalue weighted by Gasteiger charge is 2.35. The summed E-state index contributed by atoms with van der Waals surface area (Å²) in [5.74, 6) is 0.547. The molecule has 2 unspecified atom stereocenters. The molecule has 1 aromatic heterocycles. The summed E-state index contributed by atoms with van der Waals surface area (Å²) < 4.78 is 26.5. The molecule has 0 saturated carbocycles. The molecule has 0 radical (unpaired) electrons. The van der Waals surface area contributed by atoms with Crippen LogP contribution in [0.4, 0.5) is 0 Å². The third-order valence-corrected chi connectivity index (χ3v) is 5.52. The lowest BCUT2D eigenvalue weighted by molar-refractivity contribution is 0.219. The fourth-order valence-corrected chi connectivity index (χ4v) is 4.25. The number of sulfonamides is 1. The molecule has 7 heteroatoms. The van der Waals surface area contributed by atoms with Gasteiger partial charge in [0.25, 0.3) is 10.0 Å². The molecule has 2 N–H and O–H groups in total. The summed E-state index contributed by atoms with van der Waals surface area (Å²) in [6, 6.07) is -0.0198. The predicted molar refractivity (Wildman–Crippen MR) is 66.3 cm³/mol. The van der Waals surface area contributed by atoms with Gasteiger partial charge in [-0.05, 0) is 25.7 Å². The summed E-state index contributed by atoms with van der Waals surface area (Å²) in [7, 11) is -3.58. The van der Waals surface area contributed by atoms with Crippen molar-refractivity contribution in [1.29, 1.82) is 0 Å². The average molecular weight is 273 g/mol. The molecule has 0 amide bonds. The quantitative estimate of drug-likeness (QED) is 0.849. The first kappa shape index (κ1) is 13.5. The number of piperidine rings is 1. The van der Waals surface area contributed by atoms with E-state index in [1.54, 1.807) is 0 Å². The van der Waals surface area contributed by atoms with Crippen molar-refractivity contribution in [1.82, 2.24) is 14.5 Å². The maximum atomic E-state index is 12.5. The summed E-state index contributed by atoms with van der Waals surface area (Å²) in [5.41, 5.74) is 0.320. The van der Waals surface area contributed by atoms with Crippen LogP contribution in [-0.2, 0) is 16.6 Å². The van der Waals surface area contributed by atoms with Crippen LogP contribution >= 0.6 is 0 Å². The maximum absolute atomic E-state index is 12.5. The molecule has 1 aliphatic heterocycles. The number of aromatic nitrogens is 2. The Bertz CT molecular complexity index is 511. The van der Waals surface area contributed by atoms with Crippen LogP contribution in [-0.4, -0.2) is 40.6 Å². The molecule has 2 atom stereocenters. The molecule has 2 heterocycles. The monoisotopic (exact) mass is 273 g/mol. The van der Waals surface area contributed by atoms with E-state index in [0.29, 0.717) is 18.0 Å². The van der Waals surface area contributed by atoms with Gasteiger partial charge in [0.05, 0.1) is 12.8 Å². The second-order valence-corrected chi connectivity index (χ2v) is 6.80. The molecule has 0 spiro atoms. The second-order valence-electron chi connectivity index (χ2n) is 4.98. The number of H-pyrrole nitrogens is 1. The number of aliphatic hydroxyl groups excluding tert-OH is 1. The lowest BCUT2D eigenvalue weighted by atomic mass is 9.95. The predicted octanol–water partition coefficient (Wildman–Crippen LogP) is 0.711. The Morgan fingerprint density at radius 2 is 2.28 bits per heavy atom. The molecule has 1 aliphatic rings. The van der Waals surface area contributed by atoms with Crippen molar-refractivity contribution in [3.8, 4) is 0 Å². The van der Waals surface area contributed by atoms with E-state index in [1.807, 2.05) is 6.92 Å². The molecule has 0 aromatic carbocycles. The van der Waals surface area contributed by atoms with Crippen molar-refractivity contribution in [2.45, 2.75) is 44.4 Å². The largest absolute Gasteiger partial charge is 0.392 e. The van der Waals surface area contributed by atoms with Gasteiger partial charge >= 0.3 is 0 Å². The fourth-order valence-electron chi connectivity index (χ4n) is 2.50. The highest BCUT2D eigenvalue weighted by Crippen LogP contribution is 2.28. The Morgan fingerprint density at radius 1 is 1.56 bits per heavy atom. The van der Waals surface area contributed by atoms with Crippen LogP contribution in [0.5, 0.6) is 0 Å². The lowest BCUT2D eigenvalue weighted by Gasteiger charge is -2.35. The minimum Gasteiger partial charge on any atom is -0.392 e. The van der Waals surface area contributed by atoms with Gasteiger partial charge in [0.2, 0.25) is 0 Å². The number of nitrogens with one attached hydrogen (secondary N) is 1. The number of hydrogen-bond donors (Lipinski definition) is 2. The summed E-state index contributed by atoms with van der Waals surface area (Å²) in [6.07, 6.45) is 3.08. The van der Waals surface area contributed by atoms with E-state index in [0.717, 1.165) is 12.8 Å². The number of aromatic amines is 1. The molecule has 1 fully saturated rings. The van der Waals surface area contributed by atoms with Crippen molar-refractivity contribution in [2.75, 3.05) is 6.54 Å². The van der Waals surface area contributed by atoms with Gasteiger partial charge in [-0.2, -0.15) is 9.40 Å². The first-order valence-electron chi connectivity index (χ1n) is 6.11. The zero-order valence-corrected chi connectivity index (χ0v) is 11.4. The Labute approximate surface area is 107 Å². The molecule has 6 nitrogen and oxygen atoms in total. The number of nitrogens with zero attached hydrogens (tertiary/aromatic N) is 2. The van der Waals surface area contributed by atoms with Crippen molar-refractivity contribution in [3.63, 3.8) is 0 Å². The summed E-state index contributed by atoms with van der Waals surface area (Å²) in [6.45, 7) is 4.25. The third kappa shape index (κ3) is 2.30. The standard InChI is InChI=1S/C11H19N3O3S/c1-8-3-4-14(9(2)5-8)18(16,17)11-10(7-15)6-12-13-11/h6,8-9,15H,3-5,7H2,1-2H3,(H,12,13). The van der Waals surface area contributed by atoms with Crippen LogP contribution in [0.1, 0.15) is 32.3 Å². The van der Waals surface area contributed by atoms with Crippen LogP contribution in [0, 0.1) is 5.92 Å². The van der Waals surface area contributed by atoms with Gasteiger partial charge in [-0.3, -0.25) is 5.10 Å². The minimum atomic E-state index is -3.58. The van der Waals surface area contributed by atoms with Crippen LogP contribution in [0.15, 0.2) is 11.2 Å². The lowest BCUT2D eigenvalue weighted by Crippen LogP contribution is -2.44. The van der Waals surface area contributed by atoms with Gasteiger partial charge in [-0.1, -0.05) is 6.92 Å². The topological polar surface area (TPSA) is 86.3 Å². The van der Waals surface area contributed by atoms with Gasteiger partial charge in [-0.15, -0.1) is 0 Å². The summed E-state index contributed by atoms with van der Waals surface area (Å²) >= 11 is 0. The first-order valence-corrected chi connectivity index (χ1v) is 7.55. The Kier molecular flexibility index (Phi) is 3.74. The molecule has 2 rings (SSSR count). The fraction of sp³-hybridized carbons (Fsp3) is 0.727. The molecular formula is C11H19N3O3S. The summed E-state index contributed by atoms with van der Waals surface area (Å²) in [5, 5.41) is 15.3. The molecular weight excluding hydrogens is 254 g/mol. The van der Waals surface area contributed by atoms with E-state index >= 15 is 0 Å². The van der Waals surface area contributed by atoms with Crippen molar-refractivity contribution >= 4 is 10.0 Å². The van der Waals surface area contributed by atoms with E-state index in [2.05, 4.69) is 17.1 Å². The number of rotatable bonds is 3. The van der Waals surface area contributed by atoms with Crippen LogP contribution in [0.25, 0.3) is 0 Å². The molecule has 18 heavy (non-hydrogen) atoms. The van der Waals surface area contributed by atoms with Crippen molar-refractivity contribution < 1.29 is 13.5 Å². The SMILES string of the molecule is CC1CCN(S(=O)(=O)c2[nH]ncc2CO)C(C)C1. The third-order valence-electron chi connectivity index (χ3n) is 3.49. The van der Waals surface area contributed by atoms with Gasteiger partial charge in [0, 0.05) is 18.2 Å². The zero-order valence-electron chi connectivity index (χ0n) is 10.6. The van der Waals surface area contributed by atoms with Gasteiger partial charge in [-0.25, -0.2) is 8.42 Å². The Morgan fingerprint density at radius 3 is 2.89 bits per heavy atom. The zero-order chi connectivity index (χ0) is 13.3. The first-order chi connectivity index (χ1) is 8.46. The molecule has 0 bridgehead atoms. The smallest absolute Gasteiger partial charge is 0.260 e. The van der Waals surface area contributed by atoms with Crippen molar-refractivity contribution in [2.24, 2.45) is 5.92 Å². The Balaban J connectivity index is 2.31. The van der Waals surface area contributed by atoms with E-state index in [1.165, 1.54) is 10.5 Å². The highest BCUT2D eigenvalue weighted by atomic mass is 32.2. The molecule has 1 aromatic rings. The van der Waals surface area contributed by atoms with Crippen LogP contribution < -0.4 is 0 Å². The van der Waals surface area contributed by atoms with Crippen LogP contribution in [0.3, 0.4) is 0 Å². The van der Waals surface area contributed by atoms with Gasteiger partial charge < -0.3 is 5.11 Å². The van der Waals surface area contributed by atoms with E-state index in [-0.39, 0.29) is 17.7 Å². The van der Waals surface area contributed by atoms with Gasteiger partial charge in [0.1, 0.15) is 0 Å².